The molecule has 0 atom stereocenters. The molecule has 2 rings (SSSR count). The Morgan fingerprint density at radius 2 is 1.74 bits per heavy atom. The molecule has 0 heterocycles. The Bertz CT molecular complexity index is 762. The van der Waals surface area contributed by atoms with Gasteiger partial charge in [0.05, 0.1) is 24.1 Å². The van der Waals surface area contributed by atoms with Crippen LogP contribution in [-0.2, 0) is 0 Å². The fourth-order valence-corrected chi connectivity index (χ4v) is 2.27. The summed E-state index contributed by atoms with van der Waals surface area (Å²) in [7, 11) is 1.95. The van der Waals surface area contributed by atoms with Crippen molar-refractivity contribution in [2.75, 3.05) is 18.5 Å². The molecule has 0 aliphatic rings. The van der Waals surface area contributed by atoms with E-state index in [4.69, 9.17) is 16.9 Å². The molecular formula is C19H16ClN3. The standard InChI is InChI=1S/C19H16ClN3/c1-23(12-2-11-21)19-9-3-15(4-10-19)13-17(14-22)16-5-7-18(20)8-6-16/h3-10,13H,2,12H2,1H3. The lowest BCUT2D eigenvalue weighted by atomic mass is 10.0. The summed E-state index contributed by atoms with van der Waals surface area (Å²) in [6.07, 6.45) is 2.34. The van der Waals surface area contributed by atoms with Crippen LogP contribution in [0.25, 0.3) is 11.6 Å². The third-order valence-corrected chi connectivity index (χ3v) is 3.73. The van der Waals surface area contributed by atoms with Gasteiger partial charge >= 0.3 is 0 Å². The summed E-state index contributed by atoms with van der Waals surface area (Å²) in [4.78, 5) is 2.03. The van der Waals surface area contributed by atoms with Gasteiger partial charge in [-0.2, -0.15) is 10.5 Å². The Hall–Kier alpha value is -2.75. The predicted molar refractivity (Wildman–Crippen MR) is 94.9 cm³/mol. The number of hydrogen-bond acceptors (Lipinski definition) is 3. The molecule has 0 amide bonds. The fraction of sp³-hybridized carbons (Fsp3) is 0.158. The highest BCUT2D eigenvalue weighted by Gasteiger charge is 2.03. The molecule has 0 aliphatic heterocycles. The molecule has 4 heteroatoms. The fourth-order valence-electron chi connectivity index (χ4n) is 2.15. The highest BCUT2D eigenvalue weighted by molar-refractivity contribution is 6.30. The first-order valence-electron chi connectivity index (χ1n) is 7.20. The van der Waals surface area contributed by atoms with Gasteiger partial charge in [0.25, 0.3) is 0 Å². The van der Waals surface area contributed by atoms with Gasteiger partial charge in [-0.3, -0.25) is 0 Å². The van der Waals surface area contributed by atoms with Crippen LogP contribution in [0.4, 0.5) is 5.69 Å². The molecule has 23 heavy (non-hydrogen) atoms. The van der Waals surface area contributed by atoms with E-state index in [2.05, 4.69) is 12.1 Å². The number of hydrogen-bond donors (Lipinski definition) is 0. The molecule has 0 aliphatic carbocycles. The van der Waals surface area contributed by atoms with E-state index in [1.807, 2.05) is 54.4 Å². The third-order valence-electron chi connectivity index (χ3n) is 3.48. The zero-order valence-corrected chi connectivity index (χ0v) is 13.6. The lowest BCUT2D eigenvalue weighted by molar-refractivity contribution is 0.905. The van der Waals surface area contributed by atoms with E-state index in [0.29, 0.717) is 23.6 Å². The van der Waals surface area contributed by atoms with Crippen LogP contribution in [0.2, 0.25) is 5.02 Å². The molecule has 0 spiro atoms. The first-order chi connectivity index (χ1) is 11.1. The van der Waals surface area contributed by atoms with Gasteiger partial charge in [-0.1, -0.05) is 35.9 Å². The second kappa shape index (κ2) is 8.03. The smallest absolute Gasteiger partial charge is 0.0998 e. The van der Waals surface area contributed by atoms with Crippen LogP contribution in [-0.4, -0.2) is 13.6 Å². The lowest BCUT2D eigenvalue weighted by Crippen LogP contribution is -2.17. The number of benzene rings is 2. The monoisotopic (exact) mass is 321 g/mol. The molecule has 0 fully saturated rings. The summed E-state index contributed by atoms with van der Waals surface area (Å²) >= 11 is 5.88. The average Bonchev–Trinajstić information content (AvgIpc) is 2.59. The maximum absolute atomic E-state index is 9.36. The van der Waals surface area contributed by atoms with Gasteiger partial charge < -0.3 is 4.90 Å². The van der Waals surface area contributed by atoms with Crippen molar-refractivity contribution in [2.24, 2.45) is 0 Å². The van der Waals surface area contributed by atoms with Crippen molar-refractivity contribution in [3.8, 4) is 12.1 Å². The number of nitrogens with zero attached hydrogens (tertiary/aromatic N) is 3. The van der Waals surface area contributed by atoms with Crippen molar-refractivity contribution < 1.29 is 0 Å². The third kappa shape index (κ3) is 4.61. The van der Waals surface area contributed by atoms with Crippen LogP contribution < -0.4 is 4.90 Å². The quantitative estimate of drug-likeness (QED) is 0.589. The average molecular weight is 322 g/mol. The van der Waals surface area contributed by atoms with Crippen LogP contribution in [0.15, 0.2) is 48.5 Å². The van der Waals surface area contributed by atoms with Gasteiger partial charge in [0, 0.05) is 24.3 Å². The second-order valence-electron chi connectivity index (χ2n) is 5.10. The van der Waals surface area contributed by atoms with Gasteiger partial charge in [0.15, 0.2) is 0 Å². The predicted octanol–water partition coefficient (Wildman–Crippen LogP) is 4.75. The van der Waals surface area contributed by atoms with Gasteiger partial charge in [-0.15, -0.1) is 0 Å². The van der Waals surface area contributed by atoms with E-state index in [9.17, 15) is 5.26 Å². The zero-order valence-electron chi connectivity index (χ0n) is 12.8. The van der Waals surface area contributed by atoms with E-state index in [1.165, 1.54) is 0 Å². The van der Waals surface area contributed by atoms with Crippen LogP contribution in [0.1, 0.15) is 17.5 Å². The van der Waals surface area contributed by atoms with E-state index in [0.717, 1.165) is 16.8 Å². The SMILES string of the molecule is CN(CCC#N)c1ccc(C=C(C#N)c2ccc(Cl)cc2)cc1. The molecule has 0 bridgehead atoms. The van der Waals surface area contributed by atoms with Crippen LogP contribution in [0.3, 0.4) is 0 Å². The molecule has 2 aromatic carbocycles. The Morgan fingerprint density at radius 3 is 2.30 bits per heavy atom. The van der Waals surface area contributed by atoms with E-state index in [-0.39, 0.29) is 0 Å². The Kier molecular flexibility index (Phi) is 5.80. The van der Waals surface area contributed by atoms with Crippen molar-refractivity contribution in [1.82, 2.24) is 0 Å². The van der Waals surface area contributed by atoms with E-state index >= 15 is 0 Å². The van der Waals surface area contributed by atoms with Crippen molar-refractivity contribution in [2.45, 2.75) is 6.42 Å². The van der Waals surface area contributed by atoms with Crippen molar-refractivity contribution in [1.29, 1.82) is 10.5 Å². The maximum atomic E-state index is 9.36. The molecule has 0 aromatic heterocycles. The minimum Gasteiger partial charge on any atom is -0.374 e. The molecule has 2 aromatic rings. The zero-order chi connectivity index (χ0) is 16.7. The number of anilines is 1. The number of rotatable bonds is 5. The highest BCUT2D eigenvalue weighted by atomic mass is 35.5. The molecule has 114 valence electrons. The second-order valence-corrected chi connectivity index (χ2v) is 5.53. The van der Waals surface area contributed by atoms with Gasteiger partial charge in [-0.25, -0.2) is 0 Å². The molecule has 0 unspecified atom stereocenters. The summed E-state index contributed by atoms with van der Waals surface area (Å²) in [5, 5.41) is 18.6. The minimum atomic E-state index is 0.493. The minimum absolute atomic E-state index is 0.493. The summed E-state index contributed by atoms with van der Waals surface area (Å²) in [5.74, 6) is 0. The molecule has 0 saturated heterocycles. The normalized spacial score (nSPS) is 10.7. The van der Waals surface area contributed by atoms with Gasteiger partial charge in [-0.05, 0) is 41.5 Å². The van der Waals surface area contributed by atoms with E-state index in [1.54, 1.807) is 12.1 Å². The van der Waals surface area contributed by atoms with Gasteiger partial charge in [0.1, 0.15) is 0 Å². The molecule has 0 radical (unpaired) electrons. The molecule has 0 saturated carbocycles. The van der Waals surface area contributed by atoms with Gasteiger partial charge in [0.2, 0.25) is 0 Å². The summed E-state index contributed by atoms with van der Waals surface area (Å²) in [6, 6.07) is 19.5. The van der Waals surface area contributed by atoms with Crippen molar-refractivity contribution >= 4 is 28.9 Å². The largest absolute Gasteiger partial charge is 0.374 e. The number of nitriles is 2. The van der Waals surface area contributed by atoms with Crippen LogP contribution in [0, 0.1) is 22.7 Å². The number of allylic oxidation sites excluding steroid dienone is 1. The lowest BCUT2D eigenvalue weighted by Gasteiger charge is -2.17. The number of halogens is 1. The Balaban J connectivity index is 2.19. The highest BCUT2D eigenvalue weighted by Crippen LogP contribution is 2.21. The molecule has 0 N–H and O–H groups in total. The van der Waals surface area contributed by atoms with Crippen LogP contribution in [0.5, 0.6) is 0 Å². The maximum Gasteiger partial charge on any atom is 0.0998 e. The summed E-state index contributed by atoms with van der Waals surface area (Å²) in [5.41, 5.74) is 3.43. The van der Waals surface area contributed by atoms with Crippen molar-refractivity contribution in [3.05, 3.63) is 64.7 Å². The summed E-state index contributed by atoms with van der Waals surface area (Å²) in [6.45, 7) is 0.694. The van der Waals surface area contributed by atoms with Crippen LogP contribution >= 0.6 is 11.6 Å². The first kappa shape index (κ1) is 16.6. The topological polar surface area (TPSA) is 50.8 Å². The van der Waals surface area contributed by atoms with Crippen molar-refractivity contribution in [3.63, 3.8) is 0 Å². The van der Waals surface area contributed by atoms with E-state index < -0.39 is 0 Å². The molecular weight excluding hydrogens is 306 g/mol. The Labute approximate surface area is 141 Å². The first-order valence-corrected chi connectivity index (χ1v) is 7.57. The summed E-state index contributed by atoms with van der Waals surface area (Å²) < 4.78 is 0. The Morgan fingerprint density at radius 1 is 1.09 bits per heavy atom. The molecule has 3 nitrogen and oxygen atoms in total.